The number of carbonyl (C=O) groups excluding carboxylic acids is 2. The van der Waals surface area contributed by atoms with Crippen LogP contribution in [0.2, 0.25) is 0 Å². The number of carbonyl (C=O) groups is 2. The highest BCUT2D eigenvalue weighted by Gasteiger charge is 2.35. The van der Waals surface area contributed by atoms with Crippen molar-refractivity contribution < 1.29 is 34.8 Å². The lowest BCUT2D eigenvalue weighted by Gasteiger charge is -2.28. The SMILES string of the molecule is CS(=O)(=O)OC[C@H]1NC(=O)[C@@H](COS(C)(=O)=O)NC1=O. The fourth-order valence-electron chi connectivity index (χ4n) is 1.29. The zero-order valence-corrected chi connectivity index (χ0v) is 12.3. The summed E-state index contributed by atoms with van der Waals surface area (Å²) in [4.78, 5) is 23.2. The first-order chi connectivity index (χ1) is 8.98. The minimum atomic E-state index is -3.74. The van der Waals surface area contributed by atoms with E-state index in [4.69, 9.17) is 0 Å². The van der Waals surface area contributed by atoms with Crippen LogP contribution < -0.4 is 10.6 Å². The lowest BCUT2D eigenvalue weighted by atomic mass is 10.1. The first kappa shape index (κ1) is 16.8. The molecule has 2 atom stereocenters. The van der Waals surface area contributed by atoms with Gasteiger partial charge in [-0.3, -0.25) is 18.0 Å². The molecule has 0 aliphatic carbocycles. The van der Waals surface area contributed by atoms with E-state index in [9.17, 15) is 26.4 Å². The molecule has 1 aliphatic rings. The maximum atomic E-state index is 11.6. The fraction of sp³-hybridized carbons (Fsp3) is 0.750. The molecule has 12 heteroatoms. The third-order valence-electron chi connectivity index (χ3n) is 2.16. The van der Waals surface area contributed by atoms with Crippen molar-refractivity contribution >= 4 is 32.1 Å². The van der Waals surface area contributed by atoms with E-state index in [-0.39, 0.29) is 0 Å². The molecular weight excluding hydrogens is 316 g/mol. The Balaban J connectivity index is 2.58. The van der Waals surface area contributed by atoms with Crippen molar-refractivity contribution in [3.8, 4) is 0 Å². The van der Waals surface area contributed by atoms with Gasteiger partial charge in [-0.25, -0.2) is 0 Å². The van der Waals surface area contributed by atoms with Gasteiger partial charge in [-0.05, 0) is 0 Å². The third kappa shape index (κ3) is 5.81. The zero-order valence-electron chi connectivity index (χ0n) is 10.7. The first-order valence-corrected chi connectivity index (χ1v) is 8.91. The quantitative estimate of drug-likeness (QED) is 0.488. The topological polar surface area (TPSA) is 145 Å². The van der Waals surface area contributed by atoms with Crippen LogP contribution >= 0.6 is 0 Å². The highest BCUT2D eigenvalue weighted by Crippen LogP contribution is 2.02. The monoisotopic (exact) mass is 330 g/mol. The summed E-state index contributed by atoms with van der Waals surface area (Å²) in [5.74, 6) is -1.40. The van der Waals surface area contributed by atoms with Crippen LogP contribution in [-0.4, -0.2) is 66.5 Å². The molecule has 2 N–H and O–H groups in total. The molecule has 1 rings (SSSR count). The van der Waals surface area contributed by atoms with Crippen LogP contribution in [0.4, 0.5) is 0 Å². The Morgan fingerprint density at radius 1 is 0.850 bits per heavy atom. The van der Waals surface area contributed by atoms with Crippen LogP contribution in [-0.2, 0) is 38.2 Å². The van der Waals surface area contributed by atoms with Crippen LogP contribution in [0.5, 0.6) is 0 Å². The molecule has 0 aromatic heterocycles. The van der Waals surface area contributed by atoms with Crippen molar-refractivity contribution in [2.45, 2.75) is 12.1 Å². The van der Waals surface area contributed by atoms with Gasteiger partial charge in [0, 0.05) is 0 Å². The molecule has 10 nitrogen and oxygen atoms in total. The molecule has 0 aromatic carbocycles. The van der Waals surface area contributed by atoms with E-state index in [0.717, 1.165) is 12.5 Å². The number of rotatable bonds is 6. The Hall–Kier alpha value is -1.24. The van der Waals surface area contributed by atoms with Gasteiger partial charge in [-0.1, -0.05) is 0 Å². The van der Waals surface area contributed by atoms with Gasteiger partial charge >= 0.3 is 0 Å². The first-order valence-electron chi connectivity index (χ1n) is 5.27. The van der Waals surface area contributed by atoms with Gasteiger partial charge in [0.2, 0.25) is 11.8 Å². The molecule has 1 aliphatic heterocycles. The molecule has 20 heavy (non-hydrogen) atoms. The normalized spacial score (nSPS) is 24.1. The average Bonchev–Trinajstić information content (AvgIpc) is 2.25. The molecule has 116 valence electrons. The van der Waals surface area contributed by atoms with E-state index in [1.165, 1.54) is 0 Å². The van der Waals surface area contributed by atoms with Gasteiger partial charge in [-0.2, -0.15) is 16.8 Å². The predicted molar refractivity (Wildman–Crippen MR) is 65.5 cm³/mol. The number of amides is 2. The second kappa shape index (κ2) is 6.03. The second-order valence-corrected chi connectivity index (χ2v) is 7.39. The Labute approximate surface area is 116 Å². The fourth-order valence-corrected chi connectivity index (χ4v) is 2.06. The van der Waals surface area contributed by atoms with E-state index in [2.05, 4.69) is 19.0 Å². The Morgan fingerprint density at radius 3 is 1.40 bits per heavy atom. The maximum Gasteiger partial charge on any atom is 0.264 e. The molecule has 0 spiro atoms. The summed E-state index contributed by atoms with van der Waals surface area (Å²) in [6, 6.07) is -2.35. The Morgan fingerprint density at radius 2 is 1.15 bits per heavy atom. The highest BCUT2D eigenvalue weighted by molar-refractivity contribution is 7.86. The lowest BCUT2D eigenvalue weighted by molar-refractivity contribution is -0.138. The summed E-state index contributed by atoms with van der Waals surface area (Å²) in [6.45, 7) is -1.09. The van der Waals surface area contributed by atoms with Crippen LogP contribution in [0.3, 0.4) is 0 Å². The molecule has 1 saturated heterocycles. The molecule has 0 aromatic rings. The smallest absolute Gasteiger partial charge is 0.264 e. The second-order valence-electron chi connectivity index (χ2n) is 4.10. The molecule has 0 saturated carbocycles. The standard InChI is InChI=1S/C8H14N2O8S2/c1-19(13,14)17-3-5-7(11)10-6(8(12)9-5)4-18-20(2,15)16/h5-6H,3-4H2,1-2H3,(H,9,12)(H,10,11)/t5-,6-/m1/s1. The van der Waals surface area contributed by atoms with E-state index in [1.54, 1.807) is 0 Å². The Kier molecular flexibility index (Phi) is 5.07. The molecular formula is C8H14N2O8S2. The van der Waals surface area contributed by atoms with Crippen molar-refractivity contribution in [3.63, 3.8) is 0 Å². The summed E-state index contributed by atoms with van der Waals surface area (Å²) < 4.78 is 52.0. The predicted octanol–water partition coefficient (Wildman–Crippen LogP) is -3.08. The number of hydrogen-bond acceptors (Lipinski definition) is 8. The largest absolute Gasteiger partial charge is 0.340 e. The third-order valence-corrected chi connectivity index (χ3v) is 3.29. The lowest BCUT2D eigenvalue weighted by Crippen LogP contribution is -2.64. The highest BCUT2D eigenvalue weighted by atomic mass is 32.2. The van der Waals surface area contributed by atoms with Gasteiger partial charge in [0.05, 0.1) is 25.7 Å². The number of nitrogens with one attached hydrogen (secondary N) is 2. The van der Waals surface area contributed by atoms with Gasteiger partial charge in [0.1, 0.15) is 12.1 Å². The average molecular weight is 330 g/mol. The summed E-state index contributed by atoms with van der Waals surface area (Å²) in [6.07, 6.45) is 1.61. The van der Waals surface area contributed by atoms with Crippen molar-refractivity contribution in [2.75, 3.05) is 25.7 Å². The van der Waals surface area contributed by atoms with Gasteiger partial charge in [-0.15, -0.1) is 0 Å². The van der Waals surface area contributed by atoms with Crippen molar-refractivity contribution in [1.82, 2.24) is 10.6 Å². The summed E-state index contributed by atoms with van der Waals surface area (Å²) in [7, 11) is -7.49. The van der Waals surface area contributed by atoms with Crippen LogP contribution in [0.15, 0.2) is 0 Å². The van der Waals surface area contributed by atoms with Crippen LogP contribution in [0.25, 0.3) is 0 Å². The van der Waals surface area contributed by atoms with Gasteiger partial charge in [0.15, 0.2) is 0 Å². The summed E-state index contributed by atoms with van der Waals surface area (Å²) in [5, 5.41) is 4.42. The van der Waals surface area contributed by atoms with Crippen LogP contribution in [0, 0.1) is 0 Å². The number of hydrogen-bond donors (Lipinski definition) is 2. The minimum Gasteiger partial charge on any atom is -0.340 e. The Bertz CT molecular complexity index is 542. The molecule has 1 heterocycles. The molecule has 0 bridgehead atoms. The van der Waals surface area contributed by atoms with Crippen molar-refractivity contribution in [1.29, 1.82) is 0 Å². The molecule has 1 fully saturated rings. The summed E-state index contributed by atoms with van der Waals surface area (Å²) in [5.41, 5.74) is 0. The summed E-state index contributed by atoms with van der Waals surface area (Å²) >= 11 is 0. The van der Waals surface area contributed by atoms with Crippen molar-refractivity contribution in [3.05, 3.63) is 0 Å². The molecule has 0 unspecified atom stereocenters. The van der Waals surface area contributed by atoms with Crippen molar-refractivity contribution in [2.24, 2.45) is 0 Å². The molecule has 2 amide bonds. The van der Waals surface area contributed by atoms with E-state index >= 15 is 0 Å². The molecule has 0 radical (unpaired) electrons. The van der Waals surface area contributed by atoms with E-state index in [1.807, 2.05) is 0 Å². The maximum absolute atomic E-state index is 11.6. The minimum absolute atomic E-state index is 0.546. The zero-order chi connectivity index (χ0) is 15.6. The van der Waals surface area contributed by atoms with Gasteiger partial charge in [0.25, 0.3) is 20.2 Å². The van der Waals surface area contributed by atoms with E-state index in [0.29, 0.717) is 0 Å². The van der Waals surface area contributed by atoms with E-state index < -0.39 is 57.3 Å². The van der Waals surface area contributed by atoms with Crippen LogP contribution in [0.1, 0.15) is 0 Å². The number of piperazine rings is 1. The van der Waals surface area contributed by atoms with Gasteiger partial charge < -0.3 is 10.6 Å².